The molecule has 0 radical (unpaired) electrons. The standard InChI is InChI=1S/C33H23NOS/c1-21-12-15-27-31(16-21)36-32-20-29-23(18-30(32)33(27)35)17-22-13-14-26(19-28(22)29)34(24-8-4-2-5-9-24)25-10-6-3-7-11-25/h2-16,18-20H,17H2,1H3. The first-order valence-corrected chi connectivity index (χ1v) is 13.0. The summed E-state index contributed by atoms with van der Waals surface area (Å²) in [7, 11) is 0. The third-order valence-electron chi connectivity index (χ3n) is 7.10. The topological polar surface area (TPSA) is 20.3 Å². The molecule has 0 saturated heterocycles. The summed E-state index contributed by atoms with van der Waals surface area (Å²) in [4.78, 5) is 15.6. The average Bonchev–Trinajstić information content (AvgIpc) is 3.26. The molecule has 1 heterocycles. The molecule has 172 valence electrons. The number of rotatable bonds is 3. The SMILES string of the molecule is Cc1ccc2c(=O)c3cc4c(cc3sc2c1)-c1cc(N(c2ccccc2)c2ccccc2)ccc1C4. The second kappa shape index (κ2) is 8.18. The molecule has 1 aromatic heterocycles. The van der Waals surface area contributed by atoms with Gasteiger partial charge in [0.15, 0.2) is 5.43 Å². The summed E-state index contributed by atoms with van der Waals surface area (Å²) < 4.78 is 2.11. The highest BCUT2D eigenvalue weighted by molar-refractivity contribution is 7.24. The fourth-order valence-corrected chi connectivity index (χ4v) is 6.55. The molecule has 2 nitrogen and oxygen atoms in total. The van der Waals surface area contributed by atoms with E-state index < -0.39 is 0 Å². The molecule has 0 saturated carbocycles. The quantitative estimate of drug-likeness (QED) is 0.235. The Hall–Kier alpha value is -4.21. The van der Waals surface area contributed by atoms with Gasteiger partial charge >= 0.3 is 0 Å². The summed E-state index contributed by atoms with van der Waals surface area (Å²) in [5, 5.41) is 1.65. The smallest absolute Gasteiger partial charge is 0.195 e. The van der Waals surface area contributed by atoms with Crippen molar-refractivity contribution in [2.24, 2.45) is 0 Å². The van der Waals surface area contributed by atoms with E-state index in [1.807, 2.05) is 24.3 Å². The molecule has 0 spiro atoms. The van der Waals surface area contributed by atoms with Crippen LogP contribution >= 0.6 is 11.3 Å². The minimum absolute atomic E-state index is 0.137. The van der Waals surface area contributed by atoms with Gasteiger partial charge in [0.25, 0.3) is 0 Å². The van der Waals surface area contributed by atoms with Crippen LogP contribution in [0.3, 0.4) is 0 Å². The largest absolute Gasteiger partial charge is 0.310 e. The third kappa shape index (κ3) is 3.35. The van der Waals surface area contributed by atoms with Gasteiger partial charge in [-0.1, -0.05) is 48.5 Å². The highest BCUT2D eigenvalue weighted by Crippen LogP contribution is 2.44. The molecule has 36 heavy (non-hydrogen) atoms. The number of hydrogen-bond donors (Lipinski definition) is 0. The van der Waals surface area contributed by atoms with Gasteiger partial charge in [-0.3, -0.25) is 4.79 Å². The molecule has 3 heteroatoms. The molecule has 0 fully saturated rings. The van der Waals surface area contributed by atoms with E-state index in [2.05, 4.69) is 96.8 Å². The summed E-state index contributed by atoms with van der Waals surface area (Å²) in [6.07, 6.45) is 0.855. The van der Waals surface area contributed by atoms with Crippen molar-refractivity contribution >= 4 is 48.6 Å². The second-order valence-electron chi connectivity index (χ2n) is 9.46. The Bertz CT molecular complexity index is 1800. The van der Waals surface area contributed by atoms with Gasteiger partial charge < -0.3 is 4.90 Å². The number of aryl methyl sites for hydroxylation is 1. The van der Waals surface area contributed by atoms with Crippen LogP contribution in [-0.4, -0.2) is 0 Å². The summed E-state index contributed by atoms with van der Waals surface area (Å²) >= 11 is 1.71. The van der Waals surface area contributed by atoms with Crippen molar-refractivity contribution in [1.82, 2.24) is 0 Å². The lowest BCUT2D eigenvalue weighted by molar-refractivity contribution is 1.25. The first-order valence-electron chi connectivity index (χ1n) is 12.2. The molecule has 0 atom stereocenters. The Morgan fingerprint density at radius 2 is 1.28 bits per heavy atom. The average molecular weight is 482 g/mol. The molecule has 7 rings (SSSR count). The van der Waals surface area contributed by atoms with Gasteiger partial charge in [-0.05, 0) is 102 Å². The number of nitrogens with zero attached hydrogens (tertiary/aromatic N) is 1. The van der Waals surface area contributed by atoms with E-state index in [9.17, 15) is 4.79 Å². The number of benzene rings is 5. The molecule has 0 N–H and O–H groups in total. The van der Waals surface area contributed by atoms with E-state index in [-0.39, 0.29) is 5.43 Å². The number of hydrogen-bond acceptors (Lipinski definition) is 3. The Labute approximate surface area is 213 Å². The number of fused-ring (bicyclic) bond motifs is 5. The van der Waals surface area contributed by atoms with E-state index in [4.69, 9.17) is 0 Å². The molecular weight excluding hydrogens is 458 g/mol. The van der Waals surface area contributed by atoms with Gasteiger partial charge in [-0.15, -0.1) is 11.3 Å². The Morgan fingerprint density at radius 1 is 0.611 bits per heavy atom. The summed E-state index contributed by atoms with van der Waals surface area (Å²) in [6.45, 7) is 2.08. The first-order chi connectivity index (χ1) is 17.7. The molecule has 5 aromatic carbocycles. The van der Waals surface area contributed by atoms with Crippen LogP contribution in [0.15, 0.2) is 114 Å². The van der Waals surface area contributed by atoms with E-state index in [0.717, 1.165) is 43.7 Å². The van der Waals surface area contributed by atoms with Crippen molar-refractivity contribution < 1.29 is 0 Å². The first kappa shape index (κ1) is 21.1. The maximum Gasteiger partial charge on any atom is 0.195 e. The zero-order chi connectivity index (χ0) is 24.2. The van der Waals surface area contributed by atoms with E-state index in [0.29, 0.717) is 0 Å². The van der Waals surface area contributed by atoms with Crippen LogP contribution in [0.4, 0.5) is 17.1 Å². The summed E-state index contributed by atoms with van der Waals surface area (Å²) in [5.74, 6) is 0. The molecule has 1 aliphatic rings. The van der Waals surface area contributed by atoms with Gasteiger partial charge in [0, 0.05) is 37.2 Å². The normalized spacial score (nSPS) is 12.0. The maximum absolute atomic E-state index is 13.3. The predicted octanol–water partition coefficient (Wildman–Crippen LogP) is 8.76. The molecule has 0 unspecified atom stereocenters. The van der Waals surface area contributed by atoms with Gasteiger partial charge in [-0.25, -0.2) is 0 Å². The van der Waals surface area contributed by atoms with Crippen molar-refractivity contribution in [2.75, 3.05) is 4.90 Å². The lowest BCUT2D eigenvalue weighted by atomic mass is 10.0. The summed E-state index contributed by atoms with van der Waals surface area (Å²) in [5.41, 5.74) is 9.73. The predicted molar refractivity (Wildman–Crippen MR) is 153 cm³/mol. The van der Waals surface area contributed by atoms with Crippen molar-refractivity contribution in [3.8, 4) is 11.1 Å². The van der Waals surface area contributed by atoms with Crippen LogP contribution in [0, 0.1) is 6.92 Å². The minimum Gasteiger partial charge on any atom is -0.310 e. The van der Waals surface area contributed by atoms with Crippen LogP contribution in [-0.2, 0) is 6.42 Å². The zero-order valence-electron chi connectivity index (χ0n) is 19.9. The van der Waals surface area contributed by atoms with E-state index >= 15 is 0 Å². The third-order valence-corrected chi connectivity index (χ3v) is 8.22. The minimum atomic E-state index is 0.137. The molecular formula is C33H23NOS. The van der Waals surface area contributed by atoms with Crippen LogP contribution in [0.2, 0.25) is 0 Å². The molecule has 6 aromatic rings. The van der Waals surface area contributed by atoms with Crippen LogP contribution in [0.25, 0.3) is 31.3 Å². The molecule has 1 aliphatic carbocycles. The van der Waals surface area contributed by atoms with Crippen LogP contribution in [0.1, 0.15) is 16.7 Å². The number of para-hydroxylation sites is 2. The van der Waals surface area contributed by atoms with Crippen LogP contribution in [0.5, 0.6) is 0 Å². The van der Waals surface area contributed by atoms with Gasteiger partial charge in [0.1, 0.15) is 0 Å². The molecule has 0 bridgehead atoms. The zero-order valence-corrected chi connectivity index (χ0v) is 20.7. The fourth-order valence-electron chi connectivity index (χ4n) is 5.36. The highest BCUT2D eigenvalue weighted by Gasteiger charge is 2.23. The highest BCUT2D eigenvalue weighted by atomic mass is 32.1. The van der Waals surface area contributed by atoms with Crippen molar-refractivity contribution in [1.29, 1.82) is 0 Å². The molecule has 0 amide bonds. The Balaban J connectivity index is 1.41. The lowest BCUT2D eigenvalue weighted by Gasteiger charge is -2.26. The summed E-state index contributed by atoms with van der Waals surface area (Å²) in [6, 6.07) is 38.2. The number of anilines is 3. The van der Waals surface area contributed by atoms with Crippen LogP contribution < -0.4 is 10.3 Å². The maximum atomic E-state index is 13.3. The Kier molecular flexibility index (Phi) is 4.80. The lowest BCUT2D eigenvalue weighted by Crippen LogP contribution is -2.09. The second-order valence-corrected chi connectivity index (χ2v) is 10.5. The van der Waals surface area contributed by atoms with Gasteiger partial charge in [-0.2, -0.15) is 0 Å². The van der Waals surface area contributed by atoms with E-state index in [1.165, 1.54) is 27.8 Å². The van der Waals surface area contributed by atoms with Crippen molar-refractivity contribution in [3.05, 3.63) is 136 Å². The van der Waals surface area contributed by atoms with Gasteiger partial charge in [0.05, 0.1) is 0 Å². The van der Waals surface area contributed by atoms with E-state index in [1.54, 1.807) is 11.3 Å². The Morgan fingerprint density at radius 3 is 2.00 bits per heavy atom. The van der Waals surface area contributed by atoms with Crippen molar-refractivity contribution in [2.45, 2.75) is 13.3 Å². The monoisotopic (exact) mass is 481 g/mol. The van der Waals surface area contributed by atoms with Gasteiger partial charge in [0.2, 0.25) is 0 Å². The fraction of sp³-hybridized carbons (Fsp3) is 0.0606. The van der Waals surface area contributed by atoms with Crippen molar-refractivity contribution in [3.63, 3.8) is 0 Å². The molecule has 0 aliphatic heterocycles.